The highest BCUT2D eigenvalue weighted by Crippen LogP contribution is 2.16. The van der Waals surface area contributed by atoms with Gasteiger partial charge in [-0.3, -0.25) is 4.79 Å². The number of hydrogen-bond donors (Lipinski definition) is 1. The van der Waals surface area contributed by atoms with Crippen LogP contribution in [0.2, 0.25) is 0 Å². The van der Waals surface area contributed by atoms with Gasteiger partial charge >= 0.3 is 5.97 Å². The van der Waals surface area contributed by atoms with Crippen LogP contribution in [-0.2, 0) is 9.53 Å². The summed E-state index contributed by atoms with van der Waals surface area (Å²) in [5, 5.41) is 8.96. The number of hydrogen-bond acceptors (Lipinski definition) is 5. The quantitative estimate of drug-likeness (QED) is 0.843. The lowest BCUT2D eigenvalue weighted by atomic mass is 10.2. The Morgan fingerprint density at radius 2 is 2.20 bits per heavy atom. The maximum atomic E-state index is 11.7. The predicted octanol–water partition coefficient (Wildman–Crippen LogP) is 0.0732. The number of pyridine rings is 1. The second-order valence-corrected chi connectivity index (χ2v) is 4.75. The van der Waals surface area contributed by atoms with Gasteiger partial charge in [-0.25, -0.2) is 9.78 Å². The molecule has 1 unspecified atom stereocenters. The molecule has 0 aliphatic carbocycles. The van der Waals surface area contributed by atoms with Crippen LogP contribution in [0.3, 0.4) is 0 Å². The van der Waals surface area contributed by atoms with Gasteiger partial charge in [0.05, 0.1) is 18.7 Å². The number of rotatable bonds is 3. The molecule has 0 aromatic carbocycles. The van der Waals surface area contributed by atoms with Crippen molar-refractivity contribution in [1.29, 1.82) is 0 Å². The van der Waals surface area contributed by atoms with Gasteiger partial charge in [-0.05, 0) is 12.1 Å². The molecule has 1 N–H and O–H groups in total. The van der Waals surface area contributed by atoms with Crippen molar-refractivity contribution >= 4 is 17.7 Å². The summed E-state index contributed by atoms with van der Waals surface area (Å²) >= 11 is 0. The third kappa shape index (κ3) is 3.05. The monoisotopic (exact) mass is 279 g/mol. The number of carbonyl (C=O) groups excluding carboxylic acids is 1. The van der Waals surface area contributed by atoms with Crippen LogP contribution in [0, 0.1) is 0 Å². The van der Waals surface area contributed by atoms with Crippen molar-refractivity contribution in [2.45, 2.75) is 6.10 Å². The fraction of sp³-hybridized carbons (Fsp3) is 0.462. The SMILES string of the molecule is CN(C)C(=O)c1ccc(N2CCOC(C(=O)O)C2)nc1. The Hall–Kier alpha value is -2.15. The zero-order chi connectivity index (χ0) is 14.7. The molecule has 0 saturated carbocycles. The van der Waals surface area contributed by atoms with Gasteiger partial charge in [-0.1, -0.05) is 0 Å². The molecule has 1 aromatic heterocycles. The minimum Gasteiger partial charge on any atom is -0.479 e. The van der Waals surface area contributed by atoms with E-state index >= 15 is 0 Å². The topological polar surface area (TPSA) is 83.0 Å². The summed E-state index contributed by atoms with van der Waals surface area (Å²) in [6.45, 7) is 1.18. The summed E-state index contributed by atoms with van der Waals surface area (Å²) in [7, 11) is 3.35. The van der Waals surface area contributed by atoms with E-state index in [1.54, 1.807) is 26.2 Å². The molecule has 7 heteroatoms. The first kappa shape index (κ1) is 14.3. The number of aliphatic carboxylic acids is 1. The van der Waals surface area contributed by atoms with Crippen molar-refractivity contribution in [2.24, 2.45) is 0 Å². The van der Waals surface area contributed by atoms with E-state index in [4.69, 9.17) is 9.84 Å². The Balaban J connectivity index is 2.10. The van der Waals surface area contributed by atoms with Crippen LogP contribution in [0.4, 0.5) is 5.82 Å². The molecule has 7 nitrogen and oxygen atoms in total. The number of amides is 1. The van der Waals surface area contributed by atoms with E-state index in [0.29, 0.717) is 24.5 Å². The van der Waals surface area contributed by atoms with Gasteiger partial charge in [0.15, 0.2) is 6.10 Å². The normalized spacial score (nSPS) is 18.7. The Kier molecular flexibility index (Phi) is 4.19. The first-order valence-electron chi connectivity index (χ1n) is 6.26. The lowest BCUT2D eigenvalue weighted by Crippen LogP contribution is -2.46. The molecular formula is C13H17N3O4. The fourth-order valence-corrected chi connectivity index (χ4v) is 1.96. The second kappa shape index (κ2) is 5.87. The van der Waals surface area contributed by atoms with Crippen LogP contribution in [0.25, 0.3) is 0 Å². The van der Waals surface area contributed by atoms with Gasteiger partial charge in [-0.2, -0.15) is 0 Å². The van der Waals surface area contributed by atoms with Gasteiger partial charge < -0.3 is 19.6 Å². The summed E-state index contributed by atoms with van der Waals surface area (Å²) in [6.07, 6.45) is 0.664. The van der Waals surface area contributed by atoms with E-state index in [1.807, 2.05) is 4.90 Å². The summed E-state index contributed by atoms with van der Waals surface area (Å²) in [6, 6.07) is 3.41. The minimum absolute atomic E-state index is 0.116. The number of aromatic nitrogens is 1. The Morgan fingerprint density at radius 3 is 2.75 bits per heavy atom. The molecule has 2 heterocycles. The highest BCUT2D eigenvalue weighted by Gasteiger charge is 2.26. The number of ether oxygens (including phenoxy) is 1. The van der Waals surface area contributed by atoms with Crippen LogP contribution in [0.5, 0.6) is 0 Å². The zero-order valence-corrected chi connectivity index (χ0v) is 11.4. The lowest BCUT2D eigenvalue weighted by Gasteiger charge is -2.31. The molecule has 1 amide bonds. The number of carbonyl (C=O) groups is 2. The van der Waals surface area contributed by atoms with Crippen molar-refractivity contribution in [1.82, 2.24) is 9.88 Å². The maximum Gasteiger partial charge on any atom is 0.334 e. The highest BCUT2D eigenvalue weighted by atomic mass is 16.5. The Labute approximate surface area is 116 Å². The molecule has 0 spiro atoms. The molecule has 108 valence electrons. The van der Waals surface area contributed by atoms with Crippen molar-refractivity contribution < 1.29 is 19.4 Å². The van der Waals surface area contributed by atoms with Gasteiger partial charge in [0.2, 0.25) is 0 Å². The molecule has 1 saturated heterocycles. The summed E-state index contributed by atoms with van der Waals surface area (Å²) < 4.78 is 5.15. The van der Waals surface area contributed by atoms with E-state index in [0.717, 1.165) is 0 Å². The minimum atomic E-state index is -0.978. The molecule has 2 rings (SSSR count). The highest BCUT2D eigenvalue weighted by molar-refractivity contribution is 5.93. The number of nitrogens with zero attached hydrogens (tertiary/aromatic N) is 3. The van der Waals surface area contributed by atoms with Crippen LogP contribution >= 0.6 is 0 Å². The molecule has 1 aromatic rings. The van der Waals surface area contributed by atoms with E-state index in [-0.39, 0.29) is 12.5 Å². The molecular weight excluding hydrogens is 262 g/mol. The summed E-state index contributed by atoms with van der Waals surface area (Å²) in [4.78, 5) is 30.2. The second-order valence-electron chi connectivity index (χ2n) is 4.75. The number of carboxylic acid groups (broad SMARTS) is 1. The maximum absolute atomic E-state index is 11.7. The Bertz CT molecular complexity index is 501. The molecule has 20 heavy (non-hydrogen) atoms. The third-order valence-corrected chi connectivity index (χ3v) is 3.07. The number of anilines is 1. The average molecular weight is 279 g/mol. The summed E-state index contributed by atoms with van der Waals surface area (Å²) in [5.74, 6) is -0.446. The van der Waals surface area contributed by atoms with Crippen molar-refractivity contribution in [3.05, 3.63) is 23.9 Å². The molecule has 0 bridgehead atoms. The number of carboxylic acids is 1. The smallest absolute Gasteiger partial charge is 0.334 e. The first-order chi connectivity index (χ1) is 9.49. The lowest BCUT2D eigenvalue weighted by molar-refractivity contribution is -0.150. The van der Waals surface area contributed by atoms with Crippen LogP contribution in [0.1, 0.15) is 10.4 Å². The molecule has 1 aliphatic heterocycles. The third-order valence-electron chi connectivity index (χ3n) is 3.07. The largest absolute Gasteiger partial charge is 0.479 e. The molecule has 1 atom stereocenters. The molecule has 1 aliphatic rings. The van der Waals surface area contributed by atoms with Crippen LogP contribution < -0.4 is 4.90 Å². The van der Waals surface area contributed by atoms with Crippen molar-refractivity contribution in [3.63, 3.8) is 0 Å². The molecule has 0 radical (unpaired) electrons. The Morgan fingerprint density at radius 1 is 1.45 bits per heavy atom. The van der Waals surface area contributed by atoms with E-state index in [2.05, 4.69) is 4.98 Å². The van der Waals surface area contributed by atoms with E-state index < -0.39 is 12.1 Å². The van der Waals surface area contributed by atoms with Crippen LogP contribution in [0.15, 0.2) is 18.3 Å². The fourth-order valence-electron chi connectivity index (χ4n) is 1.96. The van der Waals surface area contributed by atoms with Crippen LogP contribution in [-0.4, -0.2) is 66.8 Å². The van der Waals surface area contributed by atoms with Gasteiger partial charge in [0.25, 0.3) is 5.91 Å². The van der Waals surface area contributed by atoms with Gasteiger partial charge in [-0.15, -0.1) is 0 Å². The van der Waals surface area contributed by atoms with Crippen molar-refractivity contribution in [3.8, 4) is 0 Å². The van der Waals surface area contributed by atoms with Crippen molar-refractivity contribution in [2.75, 3.05) is 38.7 Å². The number of morpholine rings is 1. The van der Waals surface area contributed by atoms with Gasteiger partial charge in [0.1, 0.15) is 5.82 Å². The molecule has 1 fully saturated rings. The van der Waals surface area contributed by atoms with Gasteiger partial charge in [0, 0.05) is 26.8 Å². The summed E-state index contributed by atoms with van der Waals surface area (Å²) in [5.41, 5.74) is 0.502. The average Bonchev–Trinajstić information content (AvgIpc) is 2.46. The van der Waals surface area contributed by atoms with E-state index in [9.17, 15) is 9.59 Å². The first-order valence-corrected chi connectivity index (χ1v) is 6.26. The standard InChI is InChI=1S/C13H17N3O4/c1-15(2)12(17)9-3-4-11(14-7-9)16-5-6-20-10(8-16)13(18)19/h3-4,7,10H,5-6,8H2,1-2H3,(H,18,19). The predicted molar refractivity (Wildman–Crippen MR) is 71.8 cm³/mol. The zero-order valence-electron chi connectivity index (χ0n) is 11.4. The van der Waals surface area contributed by atoms with E-state index in [1.165, 1.54) is 11.1 Å².